The van der Waals surface area contributed by atoms with E-state index in [1.165, 1.54) is 36.4 Å². The van der Waals surface area contributed by atoms with Crippen molar-refractivity contribution in [3.63, 3.8) is 0 Å². The lowest BCUT2D eigenvalue weighted by atomic mass is 9.97. The van der Waals surface area contributed by atoms with Crippen LogP contribution in [0.15, 0.2) is 72.8 Å². The highest BCUT2D eigenvalue weighted by Gasteiger charge is 2.41. The average molecular weight is 589 g/mol. The van der Waals surface area contributed by atoms with Crippen LogP contribution in [0.25, 0.3) is 4.85 Å². The number of nitro groups is 2. The Labute approximate surface area is 240 Å². The van der Waals surface area contributed by atoms with Crippen LogP contribution in [0.2, 0.25) is 0 Å². The van der Waals surface area contributed by atoms with Gasteiger partial charge in [-0.05, 0) is 60.7 Å². The second-order valence-electron chi connectivity index (χ2n) is 9.04. The van der Waals surface area contributed by atoms with Crippen molar-refractivity contribution >= 4 is 22.8 Å². The van der Waals surface area contributed by atoms with Gasteiger partial charge in [-0.2, -0.15) is 4.39 Å². The van der Waals surface area contributed by atoms with E-state index in [2.05, 4.69) is 4.85 Å². The maximum Gasteiger partial charge on any atom is 0.305 e. The molecular formula is C29H17F2N3O9. The van der Waals surface area contributed by atoms with Crippen LogP contribution in [0, 0.1) is 38.4 Å². The van der Waals surface area contributed by atoms with Crippen LogP contribution in [0.5, 0.6) is 17.2 Å². The fourth-order valence-corrected chi connectivity index (χ4v) is 4.52. The number of nitrogens with zero attached hydrogens (tertiary/aromatic N) is 3. The van der Waals surface area contributed by atoms with Crippen LogP contribution in [0.3, 0.4) is 0 Å². The molecule has 1 N–H and O–H groups in total. The topological polar surface area (TPSA) is 156 Å². The van der Waals surface area contributed by atoms with Crippen LogP contribution >= 0.6 is 0 Å². The van der Waals surface area contributed by atoms with Crippen molar-refractivity contribution in [2.75, 3.05) is 13.2 Å². The molecule has 0 unspecified atom stereocenters. The number of phenolic OH excluding ortho intramolecular Hbond substituents is 1. The molecule has 0 atom stereocenters. The number of hydrogen-bond acceptors (Lipinski definition) is 9. The lowest BCUT2D eigenvalue weighted by Gasteiger charge is -2.28. The van der Waals surface area contributed by atoms with Gasteiger partial charge in [-0.15, -0.1) is 0 Å². The fraction of sp³-hybridized carbons (Fsp3) is 0.103. The summed E-state index contributed by atoms with van der Waals surface area (Å²) in [4.78, 5) is 37.0. The number of rotatable bonds is 8. The molecule has 1 aliphatic heterocycles. The fourth-order valence-electron chi connectivity index (χ4n) is 4.52. The minimum Gasteiger partial charge on any atom is -0.508 e. The van der Waals surface area contributed by atoms with Gasteiger partial charge in [0.15, 0.2) is 5.78 Å². The summed E-state index contributed by atoms with van der Waals surface area (Å²) in [5, 5.41) is 32.7. The third kappa shape index (κ3) is 5.21. The first-order valence-corrected chi connectivity index (χ1v) is 12.3. The highest BCUT2D eigenvalue weighted by molar-refractivity contribution is 6.11. The molecule has 43 heavy (non-hydrogen) atoms. The standard InChI is InChI=1S/C29H17F2N3O9/c1-32-26-25(31)21(27(36)16-2-11-22(30)23(14-16)33(37)38)15-24(34(39)40)28(26)43-20-9-5-18(6-10-20)29(41-12-13-42-29)17-3-7-19(35)8-4-17/h2-11,14-15,35H,12-13H2. The van der Waals surface area contributed by atoms with Crippen molar-refractivity contribution in [1.82, 2.24) is 0 Å². The summed E-state index contributed by atoms with van der Waals surface area (Å²) >= 11 is 0. The first-order chi connectivity index (χ1) is 20.6. The minimum atomic E-state index is -1.47. The quantitative estimate of drug-likeness (QED) is 0.108. The third-order valence-electron chi connectivity index (χ3n) is 6.53. The number of carbonyl (C=O) groups excluding carboxylic acids is 1. The Bertz CT molecular complexity index is 1820. The molecule has 216 valence electrons. The van der Waals surface area contributed by atoms with Crippen LogP contribution in [0.4, 0.5) is 25.8 Å². The number of ether oxygens (including phenoxy) is 3. The normalized spacial score (nSPS) is 13.7. The largest absolute Gasteiger partial charge is 0.508 e. The molecule has 1 heterocycles. The first kappa shape index (κ1) is 28.7. The predicted octanol–water partition coefficient (Wildman–Crippen LogP) is 6.31. The highest BCUT2D eigenvalue weighted by Crippen LogP contribution is 2.45. The number of hydrogen-bond donors (Lipinski definition) is 1. The van der Waals surface area contributed by atoms with Crippen molar-refractivity contribution in [2.24, 2.45) is 0 Å². The van der Waals surface area contributed by atoms with E-state index in [-0.39, 0.29) is 24.7 Å². The SMILES string of the molecule is [C-]#[N+]c1c(F)c(C(=O)c2ccc(F)c([N+](=O)[O-])c2)cc([N+](=O)[O-])c1Oc1ccc(C2(c3ccc(O)cc3)OCCO2)cc1. The Morgan fingerprint density at radius 1 is 0.907 bits per heavy atom. The molecule has 5 rings (SSSR count). The number of aromatic hydroxyl groups is 1. The van der Waals surface area contributed by atoms with Gasteiger partial charge < -0.3 is 19.3 Å². The predicted molar refractivity (Wildman–Crippen MR) is 143 cm³/mol. The number of nitro benzene ring substituents is 2. The molecule has 1 saturated heterocycles. The van der Waals surface area contributed by atoms with Gasteiger partial charge in [-0.3, -0.25) is 25.0 Å². The summed E-state index contributed by atoms with van der Waals surface area (Å²) in [6.07, 6.45) is 0. The number of ketones is 1. The zero-order chi connectivity index (χ0) is 30.9. The van der Waals surface area contributed by atoms with E-state index in [1.807, 2.05) is 0 Å². The zero-order valence-corrected chi connectivity index (χ0v) is 21.7. The maximum atomic E-state index is 15.5. The van der Waals surface area contributed by atoms with E-state index in [0.29, 0.717) is 29.3 Å². The van der Waals surface area contributed by atoms with E-state index in [0.717, 1.165) is 6.07 Å². The summed E-state index contributed by atoms with van der Waals surface area (Å²) in [5.74, 6) is -6.06. The second-order valence-corrected chi connectivity index (χ2v) is 9.04. The minimum absolute atomic E-state index is 0.0387. The number of carbonyl (C=O) groups is 1. The molecule has 14 heteroatoms. The van der Waals surface area contributed by atoms with Gasteiger partial charge in [0.05, 0.1) is 35.2 Å². The molecule has 1 fully saturated rings. The molecule has 0 aromatic heterocycles. The lowest BCUT2D eigenvalue weighted by molar-refractivity contribution is -0.387. The Balaban J connectivity index is 1.52. The van der Waals surface area contributed by atoms with Crippen LogP contribution in [-0.4, -0.2) is 34.0 Å². The van der Waals surface area contributed by atoms with Crippen molar-refractivity contribution in [1.29, 1.82) is 0 Å². The Kier molecular flexibility index (Phi) is 7.51. The highest BCUT2D eigenvalue weighted by atomic mass is 19.1. The first-order valence-electron chi connectivity index (χ1n) is 12.3. The van der Waals surface area contributed by atoms with Gasteiger partial charge in [-0.1, -0.05) is 0 Å². The second kappa shape index (κ2) is 11.2. The van der Waals surface area contributed by atoms with Crippen molar-refractivity contribution < 1.29 is 42.7 Å². The monoisotopic (exact) mass is 589 g/mol. The third-order valence-corrected chi connectivity index (χ3v) is 6.53. The van der Waals surface area contributed by atoms with E-state index in [1.54, 1.807) is 12.1 Å². The molecule has 4 aromatic carbocycles. The summed E-state index contributed by atoms with van der Waals surface area (Å²) in [7, 11) is 0. The maximum absolute atomic E-state index is 15.5. The molecule has 0 aliphatic carbocycles. The molecule has 1 aliphatic rings. The summed E-state index contributed by atoms with van der Waals surface area (Å²) in [6, 6.07) is 14.6. The molecule has 0 bridgehead atoms. The number of phenols is 1. The Morgan fingerprint density at radius 2 is 1.49 bits per heavy atom. The van der Waals surface area contributed by atoms with Crippen LogP contribution in [-0.2, 0) is 15.3 Å². The molecule has 0 saturated carbocycles. The molecule has 0 spiro atoms. The summed E-state index contributed by atoms with van der Waals surface area (Å²) in [6.45, 7) is 8.00. The molecule has 4 aromatic rings. The van der Waals surface area contributed by atoms with Crippen molar-refractivity contribution in [2.45, 2.75) is 5.79 Å². The Hall–Kier alpha value is -5.78. The van der Waals surface area contributed by atoms with Gasteiger partial charge in [0.2, 0.25) is 17.4 Å². The number of halogens is 2. The lowest BCUT2D eigenvalue weighted by Crippen LogP contribution is -2.28. The van der Waals surface area contributed by atoms with Crippen molar-refractivity contribution in [3.8, 4) is 17.2 Å². The van der Waals surface area contributed by atoms with Crippen LogP contribution in [0.1, 0.15) is 27.0 Å². The van der Waals surface area contributed by atoms with Crippen molar-refractivity contribution in [3.05, 3.63) is 138 Å². The molecular weight excluding hydrogens is 572 g/mol. The number of benzene rings is 4. The molecule has 12 nitrogen and oxygen atoms in total. The summed E-state index contributed by atoms with van der Waals surface area (Å²) < 4.78 is 46.6. The molecule has 0 radical (unpaired) electrons. The van der Waals surface area contributed by atoms with Gasteiger partial charge in [0.1, 0.15) is 17.3 Å². The van der Waals surface area contributed by atoms with E-state index in [9.17, 15) is 34.5 Å². The molecule has 0 amide bonds. The van der Waals surface area contributed by atoms with Gasteiger partial charge >= 0.3 is 11.4 Å². The van der Waals surface area contributed by atoms with Gasteiger partial charge in [-0.25, -0.2) is 9.24 Å². The summed E-state index contributed by atoms with van der Waals surface area (Å²) in [5.41, 5.74) is -3.36. The van der Waals surface area contributed by atoms with Gasteiger partial charge in [0, 0.05) is 28.8 Å². The van der Waals surface area contributed by atoms with Gasteiger partial charge in [0.25, 0.3) is 5.69 Å². The zero-order valence-electron chi connectivity index (χ0n) is 21.7. The average Bonchev–Trinajstić information content (AvgIpc) is 3.49. The van der Waals surface area contributed by atoms with E-state index < -0.39 is 67.0 Å². The van der Waals surface area contributed by atoms with E-state index >= 15 is 4.39 Å². The Morgan fingerprint density at radius 3 is 2.05 bits per heavy atom. The smallest absolute Gasteiger partial charge is 0.305 e. The van der Waals surface area contributed by atoms with Crippen LogP contribution < -0.4 is 4.74 Å². The van der Waals surface area contributed by atoms with E-state index in [4.69, 9.17) is 20.8 Å².